The van der Waals surface area contributed by atoms with Crippen molar-refractivity contribution in [2.75, 3.05) is 18.4 Å². The van der Waals surface area contributed by atoms with Crippen molar-refractivity contribution in [1.82, 2.24) is 15.0 Å². The van der Waals surface area contributed by atoms with E-state index in [0.717, 1.165) is 36.4 Å². The molecule has 1 heterocycles. The Balaban J connectivity index is 1.70. The summed E-state index contributed by atoms with van der Waals surface area (Å²) in [5.41, 5.74) is 4.52. The van der Waals surface area contributed by atoms with Crippen LogP contribution in [0.2, 0.25) is 0 Å². The molecule has 0 bridgehead atoms. The fourth-order valence-electron chi connectivity index (χ4n) is 2.95. The second-order valence-corrected chi connectivity index (χ2v) is 6.30. The smallest absolute Gasteiger partial charge is 0.246 e. The lowest BCUT2D eigenvalue weighted by molar-refractivity contribution is 0.296. The van der Waals surface area contributed by atoms with E-state index >= 15 is 0 Å². The van der Waals surface area contributed by atoms with Gasteiger partial charge in [0.25, 0.3) is 0 Å². The summed E-state index contributed by atoms with van der Waals surface area (Å²) in [5, 5.41) is 7.56. The van der Waals surface area contributed by atoms with Crippen molar-refractivity contribution in [3.05, 3.63) is 65.5 Å². The number of aromatic nitrogens is 2. The first-order chi connectivity index (χ1) is 12.7. The number of nitrogens with zero attached hydrogens (tertiary/aromatic N) is 3. The van der Waals surface area contributed by atoms with Crippen LogP contribution in [-0.4, -0.2) is 28.1 Å². The number of hydrogen-bond acceptors (Lipinski definition) is 5. The maximum absolute atomic E-state index is 5.43. The van der Waals surface area contributed by atoms with Gasteiger partial charge in [0.05, 0.1) is 6.54 Å². The molecule has 3 rings (SSSR count). The number of benzene rings is 2. The average molecular weight is 350 g/mol. The Hall–Kier alpha value is -2.66. The average Bonchev–Trinajstić information content (AvgIpc) is 3.14. The molecule has 0 atom stereocenters. The van der Waals surface area contributed by atoms with Crippen LogP contribution >= 0.6 is 0 Å². The minimum atomic E-state index is 0.508. The number of rotatable bonds is 8. The van der Waals surface area contributed by atoms with Crippen molar-refractivity contribution in [2.45, 2.75) is 33.9 Å². The van der Waals surface area contributed by atoms with Crippen molar-refractivity contribution < 1.29 is 4.52 Å². The van der Waals surface area contributed by atoms with Gasteiger partial charge in [-0.25, -0.2) is 0 Å². The molecule has 0 radical (unpaired) electrons. The molecule has 0 aliphatic rings. The van der Waals surface area contributed by atoms with Crippen molar-refractivity contribution in [3.63, 3.8) is 0 Å². The van der Waals surface area contributed by atoms with E-state index in [0.29, 0.717) is 18.3 Å². The zero-order valence-corrected chi connectivity index (χ0v) is 15.7. The highest BCUT2D eigenvalue weighted by Crippen LogP contribution is 2.21. The molecule has 0 aliphatic heterocycles. The van der Waals surface area contributed by atoms with Crippen LogP contribution in [0.5, 0.6) is 0 Å². The summed E-state index contributed by atoms with van der Waals surface area (Å²) >= 11 is 0. The highest BCUT2D eigenvalue weighted by molar-refractivity contribution is 5.59. The topological polar surface area (TPSA) is 54.2 Å². The highest BCUT2D eigenvalue weighted by atomic mass is 16.5. The largest absolute Gasteiger partial charge is 0.376 e. The maximum Gasteiger partial charge on any atom is 0.246 e. The molecule has 0 fully saturated rings. The van der Waals surface area contributed by atoms with Crippen molar-refractivity contribution >= 4 is 5.69 Å². The Morgan fingerprint density at radius 2 is 1.73 bits per heavy atom. The van der Waals surface area contributed by atoms with Crippen LogP contribution in [0.15, 0.2) is 53.1 Å². The SMILES string of the molecule is CCN(CC)Cc1ccccc1NCc1nc(-c2ccccc2C)no1. The van der Waals surface area contributed by atoms with Crippen LogP contribution < -0.4 is 5.32 Å². The Labute approximate surface area is 155 Å². The Bertz CT molecular complexity index is 839. The summed E-state index contributed by atoms with van der Waals surface area (Å²) in [5.74, 6) is 1.22. The predicted molar refractivity (Wildman–Crippen MR) is 105 cm³/mol. The van der Waals surface area contributed by atoms with Gasteiger partial charge in [-0.15, -0.1) is 0 Å². The Morgan fingerprint density at radius 3 is 2.50 bits per heavy atom. The van der Waals surface area contributed by atoms with Gasteiger partial charge in [0, 0.05) is 17.8 Å². The van der Waals surface area contributed by atoms with Gasteiger partial charge in [-0.1, -0.05) is 61.5 Å². The first-order valence-electron chi connectivity index (χ1n) is 9.14. The molecule has 1 aromatic heterocycles. The lowest BCUT2D eigenvalue weighted by Gasteiger charge is -2.20. The van der Waals surface area contributed by atoms with E-state index in [1.54, 1.807) is 0 Å². The van der Waals surface area contributed by atoms with Crippen LogP contribution in [-0.2, 0) is 13.1 Å². The second-order valence-electron chi connectivity index (χ2n) is 6.30. The standard InChI is InChI=1S/C21H26N4O/c1-4-25(5-2)15-17-11-7-9-13-19(17)22-14-20-23-21(24-26-20)18-12-8-6-10-16(18)3/h6-13,22H,4-5,14-15H2,1-3H3. The number of aryl methyl sites for hydroxylation is 1. The van der Waals surface area contributed by atoms with E-state index in [9.17, 15) is 0 Å². The lowest BCUT2D eigenvalue weighted by Crippen LogP contribution is -2.22. The molecular formula is C21H26N4O. The van der Waals surface area contributed by atoms with Crippen LogP contribution in [0, 0.1) is 6.92 Å². The van der Waals surface area contributed by atoms with Crippen molar-refractivity contribution in [1.29, 1.82) is 0 Å². The van der Waals surface area contributed by atoms with Gasteiger partial charge in [-0.2, -0.15) is 4.98 Å². The summed E-state index contributed by atoms with van der Waals surface area (Å²) in [4.78, 5) is 6.92. The summed E-state index contributed by atoms with van der Waals surface area (Å²) < 4.78 is 5.43. The third kappa shape index (κ3) is 4.29. The fourth-order valence-corrected chi connectivity index (χ4v) is 2.95. The summed E-state index contributed by atoms with van der Waals surface area (Å²) in [6.45, 7) is 9.93. The van der Waals surface area contributed by atoms with Crippen LogP contribution in [0.25, 0.3) is 11.4 Å². The predicted octanol–water partition coefficient (Wildman–Crippen LogP) is 4.50. The third-order valence-electron chi connectivity index (χ3n) is 4.59. The second kappa shape index (κ2) is 8.63. The summed E-state index contributed by atoms with van der Waals surface area (Å²) in [7, 11) is 0. The van der Waals surface area contributed by atoms with E-state index in [-0.39, 0.29) is 0 Å². The summed E-state index contributed by atoms with van der Waals surface area (Å²) in [6, 6.07) is 16.4. The quantitative estimate of drug-likeness (QED) is 0.648. The van der Waals surface area contributed by atoms with Gasteiger partial charge in [-0.05, 0) is 37.2 Å². The molecule has 2 aromatic carbocycles. The summed E-state index contributed by atoms with van der Waals surface area (Å²) in [6.07, 6.45) is 0. The van der Waals surface area contributed by atoms with E-state index in [1.807, 2.05) is 37.3 Å². The normalized spacial score (nSPS) is 11.1. The van der Waals surface area contributed by atoms with E-state index in [4.69, 9.17) is 4.52 Å². The number of anilines is 1. The zero-order chi connectivity index (χ0) is 18.4. The van der Waals surface area contributed by atoms with Crippen LogP contribution in [0.4, 0.5) is 5.69 Å². The van der Waals surface area contributed by atoms with Gasteiger partial charge in [0.15, 0.2) is 0 Å². The van der Waals surface area contributed by atoms with Gasteiger partial charge >= 0.3 is 0 Å². The molecule has 26 heavy (non-hydrogen) atoms. The number of para-hydroxylation sites is 1. The van der Waals surface area contributed by atoms with E-state index in [1.165, 1.54) is 5.56 Å². The number of nitrogens with one attached hydrogen (secondary N) is 1. The molecule has 0 saturated carbocycles. The van der Waals surface area contributed by atoms with Crippen molar-refractivity contribution in [2.24, 2.45) is 0 Å². The van der Waals surface area contributed by atoms with Crippen molar-refractivity contribution in [3.8, 4) is 11.4 Å². The lowest BCUT2D eigenvalue weighted by atomic mass is 10.1. The molecular weight excluding hydrogens is 324 g/mol. The molecule has 5 heteroatoms. The van der Waals surface area contributed by atoms with Gasteiger partial charge < -0.3 is 9.84 Å². The minimum absolute atomic E-state index is 0.508. The third-order valence-corrected chi connectivity index (χ3v) is 4.59. The van der Waals surface area contributed by atoms with E-state index in [2.05, 4.69) is 52.4 Å². The molecule has 5 nitrogen and oxygen atoms in total. The van der Waals surface area contributed by atoms with E-state index < -0.39 is 0 Å². The molecule has 0 saturated heterocycles. The maximum atomic E-state index is 5.43. The molecule has 1 N–H and O–H groups in total. The molecule has 0 amide bonds. The van der Waals surface area contributed by atoms with Gasteiger partial charge in [0.1, 0.15) is 0 Å². The molecule has 136 valence electrons. The first kappa shape index (κ1) is 18.1. The Morgan fingerprint density at radius 1 is 1.00 bits per heavy atom. The first-order valence-corrected chi connectivity index (χ1v) is 9.14. The monoisotopic (exact) mass is 350 g/mol. The fraction of sp³-hybridized carbons (Fsp3) is 0.333. The van der Waals surface area contributed by atoms with Crippen LogP contribution in [0.3, 0.4) is 0 Å². The van der Waals surface area contributed by atoms with Gasteiger partial charge in [0.2, 0.25) is 11.7 Å². The minimum Gasteiger partial charge on any atom is -0.376 e. The highest BCUT2D eigenvalue weighted by Gasteiger charge is 2.11. The number of hydrogen-bond donors (Lipinski definition) is 1. The molecule has 0 unspecified atom stereocenters. The van der Waals surface area contributed by atoms with Gasteiger partial charge in [-0.3, -0.25) is 4.90 Å². The van der Waals surface area contributed by atoms with Crippen LogP contribution in [0.1, 0.15) is 30.9 Å². The Kier molecular flexibility index (Phi) is 6.02. The molecule has 0 aliphatic carbocycles. The molecule has 0 spiro atoms. The molecule has 3 aromatic rings. The zero-order valence-electron chi connectivity index (χ0n) is 15.7.